The van der Waals surface area contributed by atoms with Gasteiger partial charge >= 0.3 is 0 Å². The number of guanidine groups is 1. The maximum absolute atomic E-state index is 11.6. The summed E-state index contributed by atoms with van der Waals surface area (Å²) in [5, 5.41) is 8.94. The summed E-state index contributed by atoms with van der Waals surface area (Å²) in [6.45, 7) is 6.42. The van der Waals surface area contributed by atoms with E-state index in [1.54, 1.807) is 23.5 Å². The van der Waals surface area contributed by atoms with E-state index in [-0.39, 0.29) is 0 Å². The van der Waals surface area contributed by atoms with Gasteiger partial charge in [-0.1, -0.05) is 18.2 Å². The predicted molar refractivity (Wildman–Crippen MR) is 120 cm³/mol. The summed E-state index contributed by atoms with van der Waals surface area (Å²) in [6.07, 6.45) is 3.75. The highest BCUT2D eigenvalue weighted by molar-refractivity contribution is 7.90. The molecule has 1 saturated heterocycles. The number of likely N-dealkylation sites (tertiary alicyclic amines) is 1. The van der Waals surface area contributed by atoms with Gasteiger partial charge in [-0.3, -0.25) is 4.90 Å². The molecule has 0 radical (unpaired) electrons. The lowest BCUT2D eigenvalue weighted by Crippen LogP contribution is -2.42. The van der Waals surface area contributed by atoms with Gasteiger partial charge in [-0.2, -0.15) is 0 Å². The van der Waals surface area contributed by atoms with Crippen molar-refractivity contribution in [2.45, 2.75) is 37.2 Å². The van der Waals surface area contributed by atoms with Crippen LogP contribution in [-0.4, -0.2) is 51.7 Å². The molecule has 0 saturated carbocycles. The van der Waals surface area contributed by atoms with E-state index in [2.05, 4.69) is 45.0 Å². The molecular weight excluding hydrogens is 404 g/mol. The first-order chi connectivity index (χ1) is 14.0. The van der Waals surface area contributed by atoms with Gasteiger partial charge in [0.2, 0.25) is 0 Å². The first-order valence-electron chi connectivity index (χ1n) is 10.1. The van der Waals surface area contributed by atoms with Crippen LogP contribution < -0.4 is 10.6 Å². The first-order valence-corrected chi connectivity index (χ1v) is 12.8. The molecule has 1 unspecified atom stereocenters. The molecule has 2 aromatic rings. The van der Waals surface area contributed by atoms with Crippen LogP contribution in [0.4, 0.5) is 0 Å². The molecule has 0 spiro atoms. The lowest BCUT2D eigenvalue weighted by Gasteiger charge is -2.27. The van der Waals surface area contributed by atoms with Gasteiger partial charge in [0.25, 0.3) is 0 Å². The molecule has 2 heterocycles. The fourth-order valence-electron chi connectivity index (χ4n) is 3.49. The minimum absolute atomic E-state index is 0.333. The van der Waals surface area contributed by atoms with E-state index in [0.29, 0.717) is 17.5 Å². The molecule has 1 aliphatic heterocycles. The van der Waals surface area contributed by atoms with Crippen LogP contribution in [0.3, 0.4) is 0 Å². The maximum Gasteiger partial charge on any atom is 0.191 e. The van der Waals surface area contributed by atoms with Crippen LogP contribution in [0.2, 0.25) is 0 Å². The van der Waals surface area contributed by atoms with E-state index in [0.717, 1.165) is 37.7 Å². The fourth-order valence-corrected chi connectivity index (χ4v) is 4.98. The zero-order valence-corrected chi connectivity index (χ0v) is 18.7. The predicted octanol–water partition coefficient (Wildman–Crippen LogP) is 3.04. The number of thiophene rings is 1. The highest BCUT2D eigenvalue weighted by atomic mass is 32.2. The van der Waals surface area contributed by atoms with Crippen LogP contribution in [-0.2, 0) is 16.4 Å². The van der Waals surface area contributed by atoms with E-state index in [1.165, 1.54) is 24.0 Å². The lowest BCUT2D eigenvalue weighted by atomic mass is 10.2. The molecule has 1 aliphatic rings. The van der Waals surface area contributed by atoms with Crippen LogP contribution in [0.25, 0.3) is 0 Å². The Morgan fingerprint density at radius 3 is 2.48 bits per heavy atom. The largest absolute Gasteiger partial charge is 0.357 e. The maximum atomic E-state index is 11.6. The Kier molecular flexibility index (Phi) is 7.69. The number of nitrogens with one attached hydrogen (secondary N) is 2. The van der Waals surface area contributed by atoms with Gasteiger partial charge in [0, 0.05) is 24.2 Å². The van der Waals surface area contributed by atoms with Crippen molar-refractivity contribution >= 4 is 27.1 Å². The zero-order chi connectivity index (χ0) is 20.7. The average molecular weight is 435 g/mol. The summed E-state index contributed by atoms with van der Waals surface area (Å²) in [7, 11) is -3.17. The van der Waals surface area contributed by atoms with E-state index in [1.807, 2.05) is 12.1 Å². The molecule has 158 valence electrons. The van der Waals surface area contributed by atoms with E-state index in [4.69, 9.17) is 0 Å². The molecule has 1 atom stereocenters. The van der Waals surface area contributed by atoms with Crippen molar-refractivity contribution in [2.75, 3.05) is 32.4 Å². The van der Waals surface area contributed by atoms with Crippen molar-refractivity contribution in [1.82, 2.24) is 15.5 Å². The molecule has 0 aliphatic carbocycles. The second kappa shape index (κ2) is 10.2. The van der Waals surface area contributed by atoms with Gasteiger partial charge in [-0.15, -0.1) is 11.3 Å². The van der Waals surface area contributed by atoms with Crippen LogP contribution >= 0.6 is 11.3 Å². The van der Waals surface area contributed by atoms with Crippen LogP contribution in [0.1, 0.15) is 36.2 Å². The normalized spacial score (nSPS) is 16.7. The fraction of sp³-hybridized carbons (Fsp3) is 0.476. The highest BCUT2D eigenvalue weighted by Crippen LogP contribution is 2.27. The second-order valence-corrected chi connectivity index (χ2v) is 10.3. The van der Waals surface area contributed by atoms with E-state index >= 15 is 0 Å². The third-order valence-corrected chi connectivity index (χ3v) is 7.13. The van der Waals surface area contributed by atoms with Crippen molar-refractivity contribution in [3.05, 3.63) is 52.2 Å². The molecule has 0 amide bonds. The number of sulfone groups is 1. The third-order valence-electron chi connectivity index (χ3n) is 5.03. The van der Waals surface area contributed by atoms with Gasteiger partial charge in [-0.25, -0.2) is 13.4 Å². The lowest BCUT2D eigenvalue weighted by molar-refractivity contribution is 0.249. The SMILES string of the molecule is CCNC(=NCc1ccc(S(C)(=O)=O)cc1)NCC(c1cccs1)N1CCCC1. The minimum Gasteiger partial charge on any atom is -0.357 e. The summed E-state index contributed by atoms with van der Waals surface area (Å²) in [6, 6.07) is 11.6. The molecule has 6 nitrogen and oxygen atoms in total. The van der Waals surface area contributed by atoms with Gasteiger partial charge in [0.05, 0.1) is 17.5 Å². The van der Waals surface area contributed by atoms with Gasteiger partial charge in [-0.05, 0) is 62.0 Å². The Balaban J connectivity index is 1.65. The van der Waals surface area contributed by atoms with E-state index < -0.39 is 9.84 Å². The van der Waals surface area contributed by atoms with Crippen molar-refractivity contribution in [3.63, 3.8) is 0 Å². The van der Waals surface area contributed by atoms with Gasteiger partial charge in [0.1, 0.15) is 0 Å². The molecule has 2 N–H and O–H groups in total. The number of aliphatic imine (C=N–C) groups is 1. The zero-order valence-electron chi connectivity index (χ0n) is 17.1. The molecule has 1 fully saturated rings. The topological polar surface area (TPSA) is 73.8 Å². The molecular formula is C21H30N4O2S2. The molecule has 29 heavy (non-hydrogen) atoms. The monoisotopic (exact) mass is 434 g/mol. The molecule has 1 aromatic heterocycles. The summed E-state index contributed by atoms with van der Waals surface area (Å²) in [5.74, 6) is 0.778. The molecule has 3 rings (SSSR count). The first kappa shape index (κ1) is 21.8. The van der Waals surface area contributed by atoms with E-state index in [9.17, 15) is 8.42 Å². The molecule has 0 bridgehead atoms. The summed E-state index contributed by atoms with van der Waals surface area (Å²) < 4.78 is 23.2. The Labute approximate surface area is 178 Å². The molecule has 1 aromatic carbocycles. The third kappa shape index (κ3) is 6.29. The minimum atomic E-state index is -3.17. The summed E-state index contributed by atoms with van der Waals surface area (Å²) in [5.41, 5.74) is 0.976. The Morgan fingerprint density at radius 2 is 1.90 bits per heavy atom. The summed E-state index contributed by atoms with van der Waals surface area (Å²) in [4.78, 5) is 8.95. The van der Waals surface area contributed by atoms with Gasteiger partial charge in [0.15, 0.2) is 15.8 Å². The summed E-state index contributed by atoms with van der Waals surface area (Å²) >= 11 is 1.81. The Hall–Kier alpha value is -1.90. The number of benzene rings is 1. The quantitative estimate of drug-likeness (QED) is 0.493. The van der Waals surface area contributed by atoms with Crippen LogP contribution in [0, 0.1) is 0 Å². The van der Waals surface area contributed by atoms with Crippen molar-refractivity contribution in [2.24, 2.45) is 4.99 Å². The van der Waals surface area contributed by atoms with Crippen molar-refractivity contribution in [1.29, 1.82) is 0 Å². The standard InChI is InChI=1S/C21H30N4O2S2/c1-3-22-21(23-15-17-8-10-18(11-9-17)29(2,26)27)24-16-19(20-7-6-14-28-20)25-12-4-5-13-25/h6-11,14,19H,3-5,12-13,15-16H2,1-2H3,(H2,22,23,24). The number of hydrogen-bond acceptors (Lipinski definition) is 5. The number of rotatable bonds is 8. The van der Waals surface area contributed by atoms with Gasteiger partial charge < -0.3 is 10.6 Å². The Bertz CT molecular complexity index is 887. The average Bonchev–Trinajstić information content (AvgIpc) is 3.40. The van der Waals surface area contributed by atoms with Crippen LogP contribution in [0.5, 0.6) is 0 Å². The Morgan fingerprint density at radius 1 is 1.17 bits per heavy atom. The highest BCUT2D eigenvalue weighted by Gasteiger charge is 2.24. The van der Waals surface area contributed by atoms with Crippen LogP contribution in [0.15, 0.2) is 51.7 Å². The second-order valence-electron chi connectivity index (χ2n) is 7.27. The van der Waals surface area contributed by atoms with Crippen molar-refractivity contribution < 1.29 is 8.42 Å². The number of hydrogen-bond donors (Lipinski definition) is 2. The number of nitrogens with zero attached hydrogens (tertiary/aromatic N) is 2. The smallest absolute Gasteiger partial charge is 0.191 e. The van der Waals surface area contributed by atoms with Crippen molar-refractivity contribution in [3.8, 4) is 0 Å². The molecule has 8 heteroatoms.